The van der Waals surface area contributed by atoms with Gasteiger partial charge in [0, 0.05) is 50.3 Å². The zero-order chi connectivity index (χ0) is 22.7. The van der Waals surface area contributed by atoms with Crippen LogP contribution < -0.4 is 0 Å². The molecule has 2 saturated heterocycles. The molecule has 172 valence electrons. The van der Waals surface area contributed by atoms with E-state index >= 15 is 0 Å². The number of carbonyl (C=O) groups is 1. The standard InChI is InChI=1S/C23H28ClN3O4S/c1-18(19-6-2-4-8-21(19)24)25-10-12-26(13-11-25)23(28)20-7-3-5-9-22(20)32(29,30)27-14-16-31-17-15-27/h2-9,18H,10-17H2,1H3. The molecule has 7 nitrogen and oxygen atoms in total. The van der Waals surface area contributed by atoms with E-state index in [-0.39, 0.29) is 22.4 Å². The molecule has 9 heteroatoms. The second-order valence-electron chi connectivity index (χ2n) is 8.04. The maximum Gasteiger partial charge on any atom is 0.255 e. The minimum atomic E-state index is -3.76. The smallest absolute Gasteiger partial charge is 0.255 e. The van der Waals surface area contributed by atoms with E-state index in [0.29, 0.717) is 52.5 Å². The number of ether oxygens (including phenoxy) is 1. The lowest BCUT2D eigenvalue weighted by atomic mass is 10.1. The summed E-state index contributed by atoms with van der Waals surface area (Å²) in [6.07, 6.45) is 0. The molecule has 2 fully saturated rings. The van der Waals surface area contributed by atoms with Crippen LogP contribution in [-0.4, -0.2) is 80.9 Å². The van der Waals surface area contributed by atoms with E-state index in [1.807, 2.05) is 24.3 Å². The highest BCUT2D eigenvalue weighted by Crippen LogP contribution is 2.28. The van der Waals surface area contributed by atoms with Crippen LogP contribution in [0.3, 0.4) is 0 Å². The Labute approximate surface area is 194 Å². The molecule has 0 saturated carbocycles. The van der Waals surface area contributed by atoms with Crippen molar-refractivity contribution in [2.24, 2.45) is 0 Å². The number of amides is 1. The summed E-state index contributed by atoms with van der Waals surface area (Å²) in [5.41, 5.74) is 1.29. The summed E-state index contributed by atoms with van der Waals surface area (Å²) < 4.78 is 33.1. The topological polar surface area (TPSA) is 70.2 Å². The van der Waals surface area contributed by atoms with Crippen molar-refractivity contribution in [3.8, 4) is 0 Å². The number of carbonyl (C=O) groups excluding carboxylic acids is 1. The van der Waals surface area contributed by atoms with Crippen molar-refractivity contribution in [2.45, 2.75) is 17.9 Å². The van der Waals surface area contributed by atoms with Gasteiger partial charge >= 0.3 is 0 Å². The zero-order valence-corrected chi connectivity index (χ0v) is 19.7. The Morgan fingerprint density at radius 2 is 1.56 bits per heavy atom. The highest BCUT2D eigenvalue weighted by atomic mass is 35.5. The van der Waals surface area contributed by atoms with Crippen LogP contribution in [0.25, 0.3) is 0 Å². The fraction of sp³-hybridized carbons (Fsp3) is 0.435. The molecule has 1 unspecified atom stereocenters. The van der Waals surface area contributed by atoms with E-state index in [0.717, 1.165) is 10.6 Å². The van der Waals surface area contributed by atoms with Crippen molar-refractivity contribution in [1.82, 2.24) is 14.1 Å². The largest absolute Gasteiger partial charge is 0.379 e. The second-order valence-corrected chi connectivity index (χ2v) is 10.4. The Morgan fingerprint density at radius 3 is 2.25 bits per heavy atom. The highest BCUT2D eigenvalue weighted by molar-refractivity contribution is 7.89. The monoisotopic (exact) mass is 477 g/mol. The van der Waals surface area contributed by atoms with Gasteiger partial charge in [-0.05, 0) is 30.7 Å². The summed E-state index contributed by atoms with van der Waals surface area (Å²) in [4.78, 5) is 17.4. The minimum Gasteiger partial charge on any atom is -0.379 e. The van der Waals surface area contributed by atoms with Gasteiger partial charge in [-0.1, -0.05) is 41.9 Å². The number of morpholine rings is 1. The molecule has 2 aliphatic heterocycles. The molecule has 2 aromatic carbocycles. The molecule has 2 aromatic rings. The molecule has 1 amide bonds. The normalized spacial score (nSPS) is 19.6. The number of hydrogen-bond acceptors (Lipinski definition) is 5. The van der Waals surface area contributed by atoms with E-state index in [4.69, 9.17) is 16.3 Å². The Morgan fingerprint density at radius 1 is 0.938 bits per heavy atom. The van der Waals surface area contributed by atoms with Gasteiger partial charge in [-0.25, -0.2) is 8.42 Å². The van der Waals surface area contributed by atoms with Crippen LogP contribution in [0.2, 0.25) is 5.02 Å². The van der Waals surface area contributed by atoms with Crippen LogP contribution in [0.5, 0.6) is 0 Å². The van der Waals surface area contributed by atoms with Crippen LogP contribution >= 0.6 is 11.6 Å². The fourth-order valence-electron chi connectivity index (χ4n) is 4.29. The maximum atomic E-state index is 13.3. The fourth-order valence-corrected chi connectivity index (χ4v) is 6.17. The quantitative estimate of drug-likeness (QED) is 0.662. The van der Waals surface area contributed by atoms with Crippen LogP contribution in [0, 0.1) is 0 Å². The molecule has 0 aromatic heterocycles. The van der Waals surface area contributed by atoms with Crippen molar-refractivity contribution in [1.29, 1.82) is 0 Å². The Balaban J connectivity index is 1.48. The minimum absolute atomic E-state index is 0.0683. The first-order valence-corrected chi connectivity index (χ1v) is 12.7. The van der Waals surface area contributed by atoms with Crippen LogP contribution in [-0.2, 0) is 14.8 Å². The van der Waals surface area contributed by atoms with Crippen molar-refractivity contribution in [3.63, 3.8) is 0 Å². The number of piperazine rings is 1. The Kier molecular flexibility index (Phi) is 7.17. The third-order valence-corrected chi connectivity index (χ3v) is 8.51. The number of sulfonamides is 1. The second kappa shape index (κ2) is 9.89. The van der Waals surface area contributed by atoms with E-state index in [1.165, 1.54) is 10.4 Å². The number of halogens is 1. The van der Waals surface area contributed by atoms with Crippen molar-refractivity contribution in [2.75, 3.05) is 52.5 Å². The average Bonchev–Trinajstić information content (AvgIpc) is 2.84. The first-order chi connectivity index (χ1) is 15.4. The third-order valence-electron chi connectivity index (χ3n) is 6.21. The lowest BCUT2D eigenvalue weighted by Crippen LogP contribution is -2.49. The maximum absolute atomic E-state index is 13.3. The van der Waals surface area contributed by atoms with Crippen molar-refractivity contribution >= 4 is 27.5 Å². The molecule has 2 aliphatic rings. The summed E-state index contributed by atoms with van der Waals surface area (Å²) in [6.45, 7) is 5.86. The lowest BCUT2D eigenvalue weighted by molar-refractivity contribution is 0.0577. The first-order valence-electron chi connectivity index (χ1n) is 10.8. The summed E-state index contributed by atoms with van der Waals surface area (Å²) in [5.74, 6) is -0.248. The van der Waals surface area contributed by atoms with Gasteiger partial charge in [0.15, 0.2) is 0 Å². The van der Waals surface area contributed by atoms with Crippen LogP contribution in [0.1, 0.15) is 28.9 Å². The molecule has 4 rings (SSSR count). The number of hydrogen-bond donors (Lipinski definition) is 0. The molecule has 0 radical (unpaired) electrons. The van der Waals surface area contributed by atoms with E-state index in [2.05, 4.69) is 11.8 Å². The molecule has 1 atom stereocenters. The Bertz CT molecular complexity index is 1060. The Hall–Kier alpha value is -1.97. The van der Waals surface area contributed by atoms with E-state index in [1.54, 1.807) is 23.1 Å². The summed E-state index contributed by atoms with van der Waals surface area (Å²) in [5, 5.41) is 0.737. The molecule has 0 bridgehead atoms. The highest BCUT2D eigenvalue weighted by Gasteiger charge is 2.33. The molecule has 0 N–H and O–H groups in total. The van der Waals surface area contributed by atoms with Gasteiger partial charge in [0.05, 0.1) is 23.7 Å². The van der Waals surface area contributed by atoms with E-state index < -0.39 is 10.0 Å². The molecule has 2 heterocycles. The van der Waals surface area contributed by atoms with Crippen LogP contribution in [0.4, 0.5) is 0 Å². The van der Waals surface area contributed by atoms with Gasteiger partial charge in [-0.3, -0.25) is 9.69 Å². The van der Waals surface area contributed by atoms with Gasteiger partial charge in [-0.2, -0.15) is 4.31 Å². The molecule has 0 aliphatic carbocycles. The number of benzene rings is 2. The van der Waals surface area contributed by atoms with Crippen molar-refractivity contribution in [3.05, 3.63) is 64.7 Å². The number of nitrogens with zero attached hydrogens (tertiary/aromatic N) is 3. The number of rotatable bonds is 5. The predicted octanol–water partition coefficient (Wildman–Crippen LogP) is 2.88. The van der Waals surface area contributed by atoms with Crippen molar-refractivity contribution < 1.29 is 17.9 Å². The van der Waals surface area contributed by atoms with Gasteiger partial charge in [-0.15, -0.1) is 0 Å². The summed E-state index contributed by atoms with van der Waals surface area (Å²) in [6, 6.07) is 14.4. The van der Waals surface area contributed by atoms with E-state index in [9.17, 15) is 13.2 Å². The van der Waals surface area contributed by atoms with Crippen LogP contribution in [0.15, 0.2) is 53.4 Å². The third kappa shape index (κ3) is 4.70. The van der Waals surface area contributed by atoms with Gasteiger partial charge in [0.2, 0.25) is 10.0 Å². The lowest BCUT2D eigenvalue weighted by Gasteiger charge is -2.38. The first kappa shape index (κ1) is 23.2. The summed E-state index contributed by atoms with van der Waals surface area (Å²) in [7, 11) is -3.76. The SMILES string of the molecule is CC(c1ccccc1Cl)N1CCN(C(=O)c2ccccc2S(=O)(=O)N2CCOCC2)CC1. The summed E-state index contributed by atoms with van der Waals surface area (Å²) >= 11 is 6.36. The van der Waals surface area contributed by atoms with Gasteiger partial charge in [0.1, 0.15) is 0 Å². The molecule has 32 heavy (non-hydrogen) atoms. The zero-order valence-electron chi connectivity index (χ0n) is 18.1. The molecular formula is C23H28ClN3O4S. The van der Waals surface area contributed by atoms with Gasteiger partial charge in [0.25, 0.3) is 5.91 Å². The average molecular weight is 478 g/mol. The molecular weight excluding hydrogens is 450 g/mol. The molecule has 0 spiro atoms. The predicted molar refractivity (Wildman–Crippen MR) is 123 cm³/mol. The van der Waals surface area contributed by atoms with Gasteiger partial charge < -0.3 is 9.64 Å².